The van der Waals surface area contributed by atoms with Crippen LogP contribution in [0.4, 0.5) is 0 Å². The fourth-order valence-electron chi connectivity index (χ4n) is 1.68. The first-order valence-corrected chi connectivity index (χ1v) is 7.46. The van der Waals surface area contributed by atoms with Crippen molar-refractivity contribution in [3.05, 3.63) is 24.4 Å². The van der Waals surface area contributed by atoms with Crippen LogP contribution >= 0.6 is 0 Å². The molecule has 0 atom stereocenters. The molecule has 2 aromatic heterocycles. The number of hydrogen-bond donors (Lipinski definition) is 0. The molecule has 0 spiro atoms. The van der Waals surface area contributed by atoms with Gasteiger partial charge in [0, 0.05) is 6.20 Å². The van der Waals surface area contributed by atoms with Crippen LogP contribution in [0.25, 0.3) is 5.65 Å². The monoisotopic (exact) mass is 267 g/mol. The highest BCUT2D eigenvalue weighted by atomic mass is 32.2. The molecule has 0 aromatic carbocycles. The summed E-state index contributed by atoms with van der Waals surface area (Å²) in [6, 6.07) is 5.25. The minimum absolute atomic E-state index is 0.0162. The van der Waals surface area contributed by atoms with Crippen LogP contribution in [-0.2, 0) is 14.6 Å². The minimum atomic E-state index is -3.45. The molecule has 2 heterocycles. The van der Waals surface area contributed by atoms with E-state index in [0.29, 0.717) is 5.65 Å². The summed E-state index contributed by atoms with van der Waals surface area (Å²) in [4.78, 5) is 0. The van der Waals surface area contributed by atoms with E-state index in [9.17, 15) is 8.42 Å². The topological polar surface area (TPSA) is 73.6 Å². The number of aromatic nitrogens is 3. The van der Waals surface area contributed by atoms with Gasteiger partial charge in [-0.05, 0) is 25.0 Å². The highest BCUT2D eigenvalue weighted by Crippen LogP contribution is 2.23. The van der Waals surface area contributed by atoms with Crippen molar-refractivity contribution >= 4 is 15.5 Å². The molecule has 1 fully saturated rings. The van der Waals surface area contributed by atoms with Crippen LogP contribution in [0.3, 0.4) is 0 Å². The van der Waals surface area contributed by atoms with Crippen molar-refractivity contribution in [2.45, 2.75) is 24.1 Å². The van der Waals surface area contributed by atoms with Gasteiger partial charge in [0.05, 0.1) is 18.5 Å². The lowest BCUT2D eigenvalue weighted by Gasteiger charge is -2.03. The third-order valence-electron chi connectivity index (χ3n) is 2.79. The van der Waals surface area contributed by atoms with Gasteiger partial charge in [0.25, 0.3) is 5.16 Å². The zero-order valence-corrected chi connectivity index (χ0v) is 10.5. The molecule has 2 aromatic rings. The van der Waals surface area contributed by atoms with Gasteiger partial charge in [-0.2, -0.15) is 0 Å². The summed E-state index contributed by atoms with van der Waals surface area (Å²) < 4.78 is 31.1. The number of hydrogen-bond acceptors (Lipinski definition) is 5. The zero-order valence-electron chi connectivity index (χ0n) is 9.69. The van der Waals surface area contributed by atoms with Gasteiger partial charge in [-0.3, -0.25) is 4.40 Å². The Labute approximate surface area is 105 Å². The molecule has 18 heavy (non-hydrogen) atoms. The third-order valence-corrected chi connectivity index (χ3v) is 4.33. The van der Waals surface area contributed by atoms with Crippen LogP contribution in [0, 0.1) is 0 Å². The molecular formula is C11H13N3O3S. The third kappa shape index (κ3) is 2.23. The van der Waals surface area contributed by atoms with E-state index in [1.165, 1.54) is 4.40 Å². The molecule has 0 amide bonds. The van der Waals surface area contributed by atoms with Crippen LogP contribution in [0.1, 0.15) is 12.8 Å². The minimum Gasteiger partial charge on any atom is -0.377 e. The number of rotatable bonds is 5. The molecule has 0 saturated heterocycles. The van der Waals surface area contributed by atoms with Gasteiger partial charge in [0.1, 0.15) is 0 Å². The lowest BCUT2D eigenvalue weighted by atomic mass is 10.5. The fourth-order valence-corrected chi connectivity index (χ4v) is 2.80. The molecule has 0 unspecified atom stereocenters. The van der Waals surface area contributed by atoms with Crippen LogP contribution in [0.15, 0.2) is 29.6 Å². The summed E-state index contributed by atoms with van der Waals surface area (Å²) in [5.41, 5.74) is 0.527. The highest BCUT2D eigenvalue weighted by molar-refractivity contribution is 7.91. The van der Waals surface area contributed by atoms with Crippen molar-refractivity contribution in [2.24, 2.45) is 0 Å². The summed E-state index contributed by atoms with van der Waals surface area (Å²) in [5.74, 6) is -0.0564. The SMILES string of the molecule is O=S(=O)(CCOC1CC1)c1nnc2ccccn12. The van der Waals surface area contributed by atoms with Crippen LogP contribution in [-0.4, -0.2) is 41.5 Å². The van der Waals surface area contributed by atoms with Crippen molar-refractivity contribution in [3.63, 3.8) is 0 Å². The van der Waals surface area contributed by atoms with E-state index in [0.717, 1.165) is 12.8 Å². The average Bonchev–Trinajstić information content (AvgIpc) is 3.06. The van der Waals surface area contributed by atoms with Crippen LogP contribution in [0.2, 0.25) is 0 Å². The summed E-state index contributed by atoms with van der Waals surface area (Å²) >= 11 is 0. The molecule has 7 heteroatoms. The zero-order chi connectivity index (χ0) is 12.6. The second-order valence-electron chi connectivity index (χ2n) is 4.30. The van der Waals surface area contributed by atoms with Gasteiger partial charge in [-0.15, -0.1) is 10.2 Å². The maximum Gasteiger partial charge on any atom is 0.254 e. The molecule has 3 rings (SSSR count). The molecule has 0 radical (unpaired) electrons. The molecule has 6 nitrogen and oxygen atoms in total. The molecule has 96 valence electrons. The number of ether oxygens (including phenoxy) is 1. The van der Waals surface area contributed by atoms with Crippen molar-refractivity contribution in [1.82, 2.24) is 14.6 Å². The van der Waals surface area contributed by atoms with E-state index in [1.54, 1.807) is 24.4 Å². The standard InChI is InChI=1S/C11H13N3O3S/c15-18(16,8-7-17-9-4-5-9)11-13-12-10-3-1-2-6-14(10)11/h1-3,6,9H,4-5,7-8H2. The summed E-state index contributed by atoms with van der Waals surface area (Å²) in [6.07, 6.45) is 3.97. The lowest BCUT2D eigenvalue weighted by molar-refractivity contribution is 0.134. The Balaban J connectivity index is 1.82. The molecule has 1 aliphatic rings. The van der Waals surface area contributed by atoms with E-state index >= 15 is 0 Å². The van der Waals surface area contributed by atoms with Gasteiger partial charge in [-0.1, -0.05) is 6.07 Å². The molecule has 0 aliphatic heterocycles. The predicted octanol–water partition coefficient (Wildman–Crippen LogP) is 0.682. The first-order chi connectivity index (χ1) is 8.67. The van der Waals surface area contributed by atoms with Gasteiger partial charge < -0.3 is 4.74 Å². The first-order valence-electron chi connectivity index (χ1n) is 5.81. The van der Waals surface area contributed by atoms with E-state index in [-0.39, 0.29) is 23.6 Å². The first kappa shape index (κ1) is 11.6. The number of sulfone groups is 1. The van der Waals surface area contributed by atoms with Gasteiger partial charge >= 0.3 is 0 Å². The van der Waals surface area contributed by atoms with Crippen molar-refractivity contribution < 1.29 is 13.2 Å². The maximum absolute atomic E-state index is 12.1. The second-order valence-corrected chi connectivity index (χ2v) is 6.30. The van der Waals surface area contributed by atoms with E-state index in [1.807, 2.05) is 0 Å². The summed E-state index contributed by atoms with van der Waals surface area (Å²) in [6.45, 7) is 0.217. The normalized spacial score (nSPS) is 16.2. The molecule has 0 N–H and O–H groups in total. The summed E-state index contributed by atoms with van der Waals surface area (Å²) in [7, 11) is -3.45. The molecule has 1 aliphatic carbocycles. The highest BCUT2D eigenvalue weighted by Gasteiger charge is 2.25. The average molecular weight is 267 g/mol. The molecular weight excluding hydrogens is 254 g/mol. The van der Waals surface area contributed by atoms with E-state index in [2.05, 4.69) is 10.2 Å². The quantitative estimate of drug-likeness (QED) is 0.796. The maximum atomic E-state index is 12.1. The lowest BCUT2D eigenvalue weighted by Crippen LogP contribution is -2.16. The van der Waals surface area contributed by atoms with Gasteiger partial charge in [-0.25, -0.2) is 8.42 Å². The van der Waals surface area contributed by atoms with Crippen molar-refractivity contribution in [3.8, 4) is 0 Å². The van der Waals surface area contributed by atoms with Crippen molar-refractivity contribution in [1.29, 1.82) is 0 Å². The Morgan fingerprint density at radius 1 is 1.33 bits per heavy atom. The van der Waals surface area contributed by atoms with Crippen LogP contribution < -0.4 is 0 Å². The van der Waals surface area contributed by atoms with E-state index < -0.39 is 9.84 Å². The summed E-state index contributed by atoms with van der Waals surface area (Å²) in [5, 5.41) is 7.57. The Bertz CT molecular complexity index is 661. The fraction of sp³-hybridized carbons (Fsp3) is 0.455. The van der Waals surface area contributed by atoms with Gasteiger partial charge in [0.2, 0.25) is 9.84 Å². The van der Waals surface area contributed by atoms with E-state index in [4.69, 9.17) is 4.74 Å². The molecule has 1 saturated carbocycles. The van der Waals surface area contributed by atoms with Gasteiger partial charge in [0.15, 0.2) is 5.65 Å². The largest absolute Gasteiger partial charge is 0.377 e. The Morgan fingerprint density at radius 2 is 2.17 bits per heavy atom. The number of nitrogens with zero attached hydrogens (tertiary/aromatic N) is 3. The molecule has 0 bridgehead atoms. The smallest absolute Gasteiger partial charge is 0.254 e. The van der Waals surface area contributed by atoms with Crippen molar-refractivity contribution in [2.75, 3.05) is 12.4 Å². The Morgan fingerprint density at radius 3 is 2.94 bits per heavy atom. The van der Waals surface area contributed by atoms with Crippen LogP contribution in [0.5, 0.6) is 0 Å². The Hall–Kier alpha value is -1.47. The predicted molar refractivity (Wildman–Crippen MR) is 64.0 cm³/mol. The number of fused-ring (bicyclic) bond motifs is 1. The Kier molecular flexibility index (Phi) is 2.79. The second kappa shape index (κ2) is 4.33. The number of pyridine rings is 1.